The Kier molecular flexibility index (Phi) is 3.32. The van der Waals surface area contributed by atoms with Crippen molar-refractivity contribution in [2.24, 2.45) is 0 Å². The number of fused-ring (bicyclic) bond motifs is 3. The average Bonchev–Trinajstić information content (AvgIpc) is 2.44. The van der Waals surface area contributed by atoms with Gasteiger partial charge in [0.2, 0.25) is 0 Å². The quantitative estimate of drug-likeness (QED) is 0.410. The lowest BCUT2D eigenvalue weighted by Gasteiger charge is -2.27. The van der Waals surface area contributed by atoms with Crippen molar-refractivity contribution in [2.45, 2.75) is 52.4 Å². The summed E-state index contributed by atoms with van der Waals surface area (Å²) in [5.74, 6) is 0. The summed E-state index contributed by atoms with van der Waals surface area (Å²) >= 11 is 0. The second kappa shape index (κ2) is 4.84. The summed E-state index contributed by atoms with van der Waals surface area (Å²) in [6.45, 7) is 13.8. The summed E-state index contributed by atoms with van der Waals surface area (Å²) in [6, 6.07) is 18.0. The zero-order chi connectivity index (χ0) is 16.1. The van der Waals surface area contributed by atoms with Crippen LogP contribution in [0.5, 0.6) is 0 Å². The number of rotatable bonds is 0. The zero-order valence-electron chi connectivity index (χ0n) is 14.6. The maximum Gasteiger partial charge on any atom is -0.00678 e. The van der Waals surface area contributed by atoms with Crippen molar-refractivity contribution in [2.75, 3.05) is 0 Å². The maximum atomic E-state index is 2.43. The number of benzene rings is 3. The van der Waals surface area contributed by atoms with Gasteiger partial charge in [-0.25, -0.2) is 0 Å². The Labute approximate surface area is 134 Å². The van der Waals surface area contributed by atoms with Crippen LogP contribution in [0.1, 0.15) is 52.7 Å². The van der Waals surface area contributed by atoms with Crippen LogP contribution in [0.2, 0.25) is 0 Å². The molecule has 22 heavy (non-hydrogen) atoms. The Morgan fingerprint density at radius 3 is 1.91 bits per heavy atom. The Hall–Kier alpha value is -1.82. The molecule has 0 saturated carbocycles. The van der Waals surface area contributed by atoms with Gasteiger partial charge in [0.25, 0.3) is 0 Å². The maximum absolute atomic E-state index is 2.43. The molecule has 0 radical (unpaired) electrons. The van der Waals surface area contributed by atoms with Crippen molar-refractivity contribution in [3.8, 4) is 0 Å². The van der Waals surface area contributed by atoms with E-state index in [0.717, 1.165) is 0 Å². The summed E-state index contributed by atoms with van der Waals surface area (Å²) in [6.07, 6.45) is 0. The van der Waals surface area contributed by atoms with Crippen LogP contribution < -0.4 is 0 Å². The molecule has 3 aromatic carbocycles. The SMILES string of the molecule is CC(C)(C)c1cc(C(C)(C)C)c2c(ccc3ccccc32)c1. The van der Waals surface area contributed by atoms with E-state index in [4.69, 9.17) is 0 Å². The van der Waals surface area contributed by atoms with Crippen molar-refractivity contribution in [1.29, 1.82) is 0 Å². The predicted octanol–water partition coefficient (Wildman–Crippen LogP) is 6.59. The van der Waals surface area contributed by atoms with Gasteiger partial charge in [0.05, 0.1) is 0 Å². The van der Waals surface area contributed by atoms with Crippen LogP contribution in [-0.2, 0) is 10.8 Å². The van der Waals surface area contributed by atoms with Crippen LogP contribution in [0.4, 0.5) is 0 Å². The largest absolute Gasteiger partial charge is 0.0616 e. The van der Waals surface area contributed by atoms with Crippen molar-refractivity contribution in [3.63, 3.8) is 0 Å². The van der Waals surface area contributed by atoms with Crippen molar-refractivity contribution < 1.29 is 0 Å². The fourth-order valence-corrected chi connectivity index (χ4v) is 3.17. The summed E-state index contributed by atoms with van der Waals surface area (Å²) < 4.78 is 0. The molecule has 0 atom stereocenters. The Bertz CT molecular complexity index is 839. The van der Waals surface area contributed by atoms with Crippen LogP contribution in [0.15, 0.2) is 48.5 Å². The number of hydrogen-bond donors (Lipinski definition) is 0. The van der Waals surface area contributed by atoms with E-state index in [1.54, 1.807) is 0 Å². The lowest BCUT2D eigenvalue weighted by atomic mass is 9.77. The van der Waals surface area contributed by atoms with E-state index in [-0.39, 0.29) is 10.8 Å². The van der Waals surface area contributed by atoms with E-state index in [1.807, 2.05) is 0 Å². The molecule has 114 valence electrons. The average molecular weight is 290 g/mol. The number of hydrogen-bond acceptors (Lipinski definition) is 0. The van der Waals surface area contributed by atoms with Gasteiger partial charge in [0.1, 0.15) is 0 Å². The van der Waals surface area contributed by atoms with Crippen molar-refractivity contribution >= 4 is 21.5 Å². The first kappa shape index (κ1) is 15.1. The molecule has 0 unspecified atom stereocenters. The topological polar surface area (TPSA) is 0 Å². The minimum absolute atomic E-state index is 0.129. The van der Waals surface area contributed by atoms with Gasteiger partial charge in [-0.15, -0.1) is 0 Å². The Morgan fingerprint density at radius 1 is 0.636 bits per heavy atom. The lowest BCUT2D eigenvalue weighted by Crippen LogP contribution is -2.16. The van der Waals surface area contributed by atoms with E-state index in [2.05, 4.69) is 90.1 Å². The van der Waals surface area contributed by atoms with E-state index < -0.39 is 0 Å². The molecule has 0 aliphatic rings. The van der Waals surface area contributed by atoms with Crippen molar-refractivity contribution in [3.05, 3.63) is 59.7 Å². The summed E-state index contributed by atoms with van der Waals surface area (Å²) in [5, 5.41) is 5.46. The standard InChI is InChI=1S/C22H26/c1-21(2,3)17-13-16-12-11-15-9-7-8-10-18(15)20(16)19(14-17)22(4,5)6/h7-14H,1-6H3. The molecule has 0 fully saturated rings. The summed E-state index contributed by atoms with van der Waals surface area (Å²) in [4.78, 5) is 0. The molecule has 3 rings (SSSR count). The molecule has 0 N–H and O–H groups in total. The minimum Gasteiger partial charge on any atom is -0.0616 e. The normalized spacial score (nSPS) is 13.0. The minimum atomic E-state index is 0.129. The summed E-state index contributed by atoms with van der Waals surface area (Å²) in [5.41, 5.74) is 3.16. The van der Waals surface area contributed by atoms with Crippen LogP contribution in [0, 0.1) is 0 Å². The molecule has 0 saturated heterocycles. The molecule has 0 heterocycles. The molecule has 0 aliphatic heterocycles. The van der Waals surface area contributed by atoms with Gasteiger partial charge in [-0.05, 0) is 43.5 Å². The van der Waals surface area contributed by atoms with Crippen LogP contribution in [0.3, 0.4) is 0 Å². The van der Waals surface area contributed by atoms with Gasteiger partial charge in [0, 0.05) is 0 Å². The highest BCUT2D eigenvalue weighted by atomic mass is 14.3. The predicted molar refractivity (Wildman–Crippen MR) is 98.9 cm³/mol. The van der Waals surface area contributed by atoms with E-state index >= 15 is 0 Å². The van der Waals surface area contributed by atoms with Crippen LogP contribution >= 0.6 is 0 Å². The van der Waals surface area contributed by atoms with Crippen LogP contribution in [0.25, 0.3) is 21.5 Å². The molecule has 3 aromatic rings. The second-order valence-corrected chi connectivity index (χ2v) is 8.41. The van der Waals surface area contributed by atoms with Gasteiger partial charge >= 0.3 is 0 Å². The highest BCUT2D eigenvalue weighted by Gasteiger charge is 2.22. The molecule has 0 aromatic heterocycles. The first-order valence-electron chi connectivity index (χ1n) is 8.14. The van der Waals surface area contributed by atoms with E-state index in [0.29, 0.717) is 0 Å². The van der Waals surface area contributed by atoms with Gasteiger partial charge in [-0.2, -0.15) is 0 Å². The first-order valence-corrected chi connectivity index (χ1v) is 8.14. The fraction of sp³-hybridized carbons (Fsp3) is 0.364. The molecule has 0 nitrogen and oxygen atoms in total. The Balaban J connectivity index is 2.51. The summed E-state index contributed by atoms with van der Waals surface area (Å²) in [7, 11) is 0. The zero-order valence-corrected chi connectivity index (χ0v) is 14.6. The van der Waals surface area contributed by atoms with Crippen LogP contribution in [-0.4, -0.2) is 0 Å². The van der Waals surface area contributed by atoms with Gasteiger partial charge in [0.15, 0.2) is 0 Å². The highest BCUT2D eigenvalue weighted by Crippen LogP contribution is 2.38. The van der Waals surface area contributed by atoms with E-state index in [9.17, 15) is 0 Å². The third kappa shape index (κ3) is 2.52. The smallest absolute Gasteiger partial charge is 0.00678 e. The first-order chi connectivity index (χ1) is 10.2. The van der Waals surface area contributed by atoms with E-state index in [1.165, 1.54) is 32.7 Å². The monoisotopic (exact) mass is 290 g/mol. The van der Waals surface area contributed by atoms with Gasteiger partial charge in [-0.1, -0.05) is 90.1 Å². The highest BCUT2D eigenvalue weighted by molar-refractivity contribution is 6.09. The fourth-order valence-electron chi connectivity index (χ4n) is 3.17. The van der Waals surface area contributed by atoms with Gasteiger partial charge < -0.3 is 0 Å². The molecule has 0 bridgehead atoms. The van der Waals surface area contributed by atoms with Crippen molar-refractivity contribution in [1.82, 2.24) is 0 Å². The molecular formula is C22H26. The molecule has 0 heteroatoms. The molecule has 0 spiro atoms. The molecule has 0 amide bonds. The molecule has 0 aliphatic carbocycles. The molecular weight excluding hydrogens is 264 g/mol. The third-order valence-corrected chi connectivity index (χ3v) is 4.52. The second-order valence-electron chi connectivity index (χ2n) is 8.41. The third-order valence-electron chi connectivity index (χ3n) is 4.52. The van der Waals surface area contributed by atoms with Gasteiger partial charge in [-0.3, -0.25) is 0 Å². The lowest BCUT2D eigenvalue weighted by molar-refractivity contribution is 0.573. The Morgan fingerprint density at radius 2 is 1.27 bits per heavy atom.